The molecule has 2 heteroatoms. The normalized spacial score (nSPS) is 10.8. The summed E-state index contributed by atoms with van der Waals surface area (Å²) in [5.41, 5.74) is 1.51. The molecule has 0 fully saturated rings. The number of ether oxygens (including phenoxy) is 1. The van der Waals surface area contributed by atoms with Crippen LogP contribution in [0.25, 0.3) is 11.1 Å². The van der Waals surface area contributed by atoms with Gasteiger partial charge in [0.25, 0.3) is 0 Å². The van der Waals surface area contributed by atoms with Crippen LogP contribution in [-0.4, -0.2) is 6.61 Å². The van der Waals surface area contributed by atoms with Crippen molar-refractivity contribution in [2.24, 2.45) is 0 Å². The molecular formula is C22H29FO. The molecule has 0 saturated heterocycles. The number of benzene rings is 2. The molecule has 0 bridgehead atoms. The van der Waals surface area contributed by atoms with E-state index in [9.17, 15) is 4.39 Å². The number of hydrogen-bond acceptors (Lipinski definition) is 1. The summed E-state index contributed by atoms with van der Waals surface area (Å²) in [6.45, 7) is 3.01. The van der Waals surface area contributed by atoms with Crippen molar-refractivity contribution < 1.29 is 9.13 Å². The predicted octanol–water partition coefficient (Wildman–Crippen LogP) is 7.01. The van der Waals surface area contributed by atoms with Crippen LogP contribution in [0.4, 0.5) is 4.39 Å². The first kappa shape index (κ1) is 18.5. The lowest BCUT2D eigenvalue weighted by Gasteiger charge is -2.08. The lowest BCUT2D eigenvalue weighted by Crippen LogP contribution is -1.97. The van der Waals surface area contributed by atoms with Crippen LogP contribution in [0.15, 0.2) is 48.5 Å². The molecule has 0 aliphatic carbocycles. The molecule has 2 rings (SSSR count). The molecule has 130 valence electrons. The van der Waals surface area contributed by atoms with Crippen molar-refractivity contribution in [2.45, 2.75) is 58.3 Å². The highest BCUT2D eigenvalue weighted by atomic mass is 19.1. The summed E-state index contributed by atoms with van der Waals surface area (Å²) in [6.07, 6.45) is 10.4. The topological polar surface area (TPSA) is 9.23 Å². The third kappa shape index (κ3) is 6.35. The predicted molar refractivity (Wildman–Crippen MR) is 99.9 cm³/mol. The Kier molecular flexibility index (Phi) is 8.37. The molecule has 0 amide bonds. The maximum absolute atomic E-state index is 13.8. The van der Waals surface area contributed by atoms with Crippen LogP contribution in [0, 0.1) is 5.82 Å². The maximum atomic E-state index is 13.8. The molecule has 1 nitrogen and oxygen atoms in total. The zero-order chi connectivity index (χ0) is 17.0. The number of hydrogen-bond donors (Lipinski definition) is 0. The Morgan fingerprint density at radius 2 is 1.38 bits per heavy atom. The average molecular weight is 328 g/mol. The highest BCUT2D eigenvalue weighted by Crippen LogP contribution is 2.24. The second-order valence-corrected chi connectivity index (χ2v) is 6.33. The molecule has 0 aliphatic heterocycles. The molecule has 2 aromatic carbocycles. The zero-order valence-corrected chi connectivity index (χ0v) is 14.8. The summed E-state index contributed by atoms with van der Waals surface area (Å²) < 4.78 is 19.5. The standard InChI is InChI=1S/C22H29FO/c1-2-3-4-5-6-7-8-11-18-24-20-16-14-19(15-17-20)21-12-9-10-13-22(21)23/h9-10,12-17H,2-8,11,18H2,1H3. The summed E-state index contributed by atoms with van der Waals surface area (Å²) in [4.78, 5) is 0. The monoisotopic (exact) mass is 328 g/mol. The Bertz CT molecular complexity index is 577. The minimum absolute atomic E-state index is 0.190. The Morgan fingerprint density at radius 3 is 2.04 bits per heavy atom. The first-order chi connectivity index (χ1) is 11.8. The molecule has 0 N–H and O–H groups in total. The lowest BCUT2D eigenvalue weighted by atomic mass is 10.1. The molecule has 0 aliphatic rings. The summed E-state index contributed by atoms with van der Waals surface area (Å²) in [7, 11) is 0. The van der Waals surface area contributed by atoms with Crippen LogP contribution in [0.1, 0.15) is 58.3 Å². The Morgan fingerprint density at radius 1 is 0.750 bits per heavy atom. The van der Waals surface area contributed by atoms with E-state index in [2.05, 4.69) is 6.92 Å². The van der Waals surface area contributed by atoms with Crippen LogP contribution in [0.2, 0.25) is 0 Å². The minimum atomic E-state index is -0.190. The SMILES string of the molecule is CCCCCCCCCCOc1ccc(-c2ccccc2F)cc1. The molecule has 0 radical (unpaired) electrons. The van der Waals surface area contributed by atoms with Gasteiger partial charge < -0.3 is 4.74 Å². The molecule has 0 heterocycles. The first-order valence-corrected chi connectivity index (χ1v) is 9.29. The largest absolute Gasteiger partial charge is 0.494 e. The van der Waals surface area contributed by atoms with Gasteiger partial charge in [-0.2, -0.15) is 0 Å². The van der Waals surface area contributed by atoms with Crippen LogP contribution in [0.3, 0.4) is 0 Å². The Labute approximate surface area is 145 Å². The summed E-state index contributed by atoms with van der Waals surface area (Å²) in [5, 5.41) is 0. The van der Waals surface area contributed by atoms with Crippen molar-refractivity contribution in [2.75, 3.05) is 6.61 Å². The number of unbranched alkanes of at least 4 members (excludes halogenated alkanes) is 7. The van der Waals surface area contributed by atoms with Gasteiger partial charge in [-0.25, -0.2) is 4.39 Å². The van der Waals surface area contributed by atoms with Crippen molar-refractivity contribution in [1.29, 1.82) is 0 Å². The Balaban J connectivity index is 1.65. The van der Waals surface area contributed by atoms with Gasteiger partial charge in [-0.05, 0) is 30.2 Å². The third-order valence-electron chi connectivity index (χ3n) is 4.31. The van der Waals surface area contributed by atoms with Gasteiger partial charge in [-0.1, -0.05) is 82.2 Å². The van der Waals surface area contributed by atoms with Gasteiger partial charge in [0.2, 0.25) is 0 Å². The van der Waals surface area contributed by atoms with Crippen LogP contribution in [0.5, 0.6) is 5.75 Å². The zero-order valence-electron chi connectivity index (χ0n) is 14.8. The fourth-order valence-electron chi connectivity index (χ4n) is 2.85. The molecule has 0 spiro atoms. The van der Waals surface area contributed by atoms with Gasteiger partial charge in [0.05, 0.1) is 6.61 Å². The van der Waals surface area contributed by atoms with Crippen molar-refractivity contribution in [3.63, 3.8) is 0 Å². The van der Waals surface area contributed by atoms with Gasteiger partial charge >= 0.3 is 0 Å². The van der Waals surface area contributed by atoms with E-state index in [1.54, 1.807) is 12.1 Å². The van der Waals surface area contributed by atoms with Crippen LogP contribution >= 0.6 is 0 Å². The fraction of sp³-hybridized carbons (Fsp3) is 0.455. The quantitative estimate of drug-likeness (QED) is 0.403. The van der Waals surface area contributed by atoms with Crippen molar-refractivity contribution >= 4 is 0 Å². The first-order valence-electron chi connectivity index (χ1n) is 9.29. The van der Waals surface area contributed by atoms with Crippen molar-refractivity contribution in [3.8, 4) is 16.9 Å². The molecule has 0 unspecified atom stereocenters. The third-order valence-corrected chi connectivity index (χ3v) is 4.31. The van der Waals surface area contributed by atoms with Crippen molar-refractivity contribution in [1.82, 2.24) is 0 Å². The van der Waals surface area contributed by atoms with Gasteiger partial charge in [0.15, 0.2) is 0 Å². The van der Waals surface area contributed by atoms with E-state index in [4.69, 9.17) is 4.74 Å². The second-order valence-electron chi connectivity index (χ2n) is 6.33. The molecule has 0 saturated carbocycles. The highest BCUT2D eigenvalue weighted by molar-refractivity contribution is 5.64. The minimum Gasteiger partial charge on any atom is -0.494 e. The van der Waals surface area contributed by atoms with E-state index < -0.39 is 0 Å². The van der Waals surface area contributed by atoms with E-state index in [0.717, 1.165) is 24.3 Å². The van der Waals surface area contributed by atoms with E-state index in [0.29, 0.717) is 5.56 Å². The summed E-state index contributed by atoms with van der Waals surface area (Å²) >= 11 is 0. The number of rotatable bonds is 11. The summed E-state index contributed by atoms with van der Waals surface area (Å²) in [5.74, 6) is 0.670. The van der Waals surface area contributed by atoms with Crippen LogP contribution < -0.4 is 4.74 Å². The maximum Gasteiger partial charge on any atom is 0.131 e. The van der Waals surface area contributed by atoms with E-state index in [-0.39, 0.29) is 5.82 Å². The molecule has 24 heavy (non-hydrogen) atoms. The van der Waals surface area contributed by atoms with Gasteiger partial charge in [-0.3, -0.25) is 0 Å². The fourth-order valence-corrected chi connectivity index (χ4v) is 2.85. The molecule has 0 aromatic heterocycles. The number of halogens is 1. The van der Waals surface area contributed by atoms with Gasteiger partial charge in [-0.15, -0.1) is 0 Å². The Hall–Kier alpha value is -1.83. The highest BCUT2D eigenvalue weighted by Gasteiger charge is 2.04. The van der Waals surface area contributed by atoms with E-state index in [1.807, 2.05) is 30.3 Å². The molecule has 0 atom stereocenters. The average Bonchev–Trinajstić information content (AvgIpc) is 2.61. The second kappa shape index (κ2) is 10.9. The van der Waals surface area contributed by atoms with Crippen molar-refractivity contribution in [3.05, 3.63) is 54.3 Å². The van der Waals surface area contributed by atoms with Gasteiger partial charge in [0.1, 0.15) is 11.6 Å². The van der Waals surface area contributed by atoms with Gasteiger partial charge in [0, 0.05) is 5.56 Å². The smallest absolute Gasteiger partial charge is 0.131 e. The summed E-state index contributed by atoms with van der Waals surface area (Å²) in [6, 6.07) is 14.5. The molecule has 2 aromatic rings. The molecular weight excluding hydrogens is 299 g/mol. The lowest BCUT2D eigenvalue weighted by molar-refractivity contribution is 0.304. The van der Waals surface area contributed by atoms with E-state index >= 15 is 0 Å². The van der Waals surface area contributed by atoms with Crippen LogP contribution in [-0.2, 0) is 0 Å². The van der Waals surface area contributed by atoms with E-state index in [1.165, 1.54) is 51.0 Å².